The van der Waals surface area contributed by atoms with Crippen LogP contribution in [0.2, 0.25) is 0 Å². The molecule has 0 amide bonds. The van der Waals surface area contributed by atoms with Crippen molar-refractivity contribution >= 4 is 16.7 Å². The lowest BCUT2D eigenvalue weighted by atomic mass is 10.1. The van der Waals surface area contributed by atoms with E-state index in [0.717, 1.165) is 43.4 Å². The molecule has 152 valence electrons. The molecular weight excluding hydrogens is 358 g/mol. The Morgan fingerprint density at radius 3 is 2.66 bits per heavy atom. The molecule has 3 aromatic rings. The minimum atomic E-state index is 0.574. The fourth-order valence-electron chi connectivity index (χ4n) is 4.11. The van der Waals surface area contributed by atoms with Gasteiger partial charge in [0.15, 0.2) is 0 Å². The number of fused-ring (bicyclic) bond motifs is 1. The summed E-state index contributed by atoms with van der Waals surface area (Å²) in [7, 11) is 6.52. The zero-order valence-corrected chi connectivity index (χ0v) is 17.8. The highest BCUT2D eigenvalue weighted by atomic mass is 15.3. The van der Waals surface area contributed by atoms with Gasteiger partial charge in [-0.1, -0.05) is 36.4 Å². The smallest absolute Gasteiger partial charge is 0.225 e. The topological polar surface area (TPSA) is 35.5 Å². The largest absolute Gasteiger partial charge is 0.339 e. The fourth-order valence-corrected chi connectivity index (χ4v) is 4.11. The van der Waals surface area contributed by atoms with Gasteiger partial charge in [0.1, 0.15) is 0 Å². The third-order valence-corrected chi connectivity index (χ3v) is 5.87. The van der Waals surface area contributed by atoms with Crippen LogP contribution in [0.3, 0.4) is 0 Å². The average Bonchev–Trinajstić information content (AvgIpc) is 3.24. The van der Waals surface area contributed by atoms with Crippen molar-refractivity contribution in [1.29, 1.82) is 0 Å². The Morgan fingerprint density at radius 1 is 1.00 bits per heavy atom. The Kier molecular flexibility index (Phi) is 6.07. The summed E-state index contributed by atoms with van der Waals surface area (Å²) in [4.78, 5) is 16.6. The molecule has 1 aliphatic rings. The molecular formula is C24H31N5. The van der Waals surface area contributed by atoms with Crippen LogP contribution < -0.4 is 4.90 Å². The van der Waals surface area contributed by atoms with Crippen LogP contribution in [0.5, 0.6) is 0 Å². The molecule has 0 aliphatic carbocycles. The Bertz CT molecular complexity index is 955. The van der Waals surface area contributed by atoms with Crippen LogP contribution >= 0.6 is 0 Å². The van der Waals surface area contributed by atoms with Crippen molar-refractivity contribution in [3.63, 3.8) is 0 Å². The lowest BCUT2D eigenvalue weighted by Gasteiger charge is -2.25. The van der Waals surface area contributed by atoms with Gasteiger partial charge >= 0.3 is 0 Å². The van der Waals surface area contributed by atoms with Crippen LogP contribution in [0.25, 0.3) is 22.0 Å². The highest BCUT2D eigenvalue weighted by Crippen LogP contribution is 2.25. The maximum absolute atomic E-state index is 4.90. The number of rotatable bonds is 7. The van der Waals surface area contributed by atoms with Gasteiger partial charge in [-0.15, -0.1) is 0 Å². The SMILES string of the molecule is CN(C)CCCN(C)[C@H]1CCN(c2nccc(-c3ccc4ccccc4c3)n2)C1. The average molecular weight is 390 g/mol. The summed E-state index contributed by atoms with van der Waals surface area (Å²) in [6.45, 7) is 4.29. The molecule has 4 rings (SSSR count). The van der Waals surface area contributed by atoms with Crippen LogP contribution in [-0.4, -0.2) is 73.1 Å². The van der Waals surface area contributed by atoms with Gasteiger partial charge < -0.3 is 14.7 Å². The van der Waals surface area contributed by atoms with E-state index in [1.807, 2.05) is 12.3 Å². The molecule has 1 atom stereocenters. The molecule has 1 aromatic heterocycles. The van der Waals surface area contributed by atoms with E-state index in [-0.39, 0.29) is 0 Å². The van der Waals surface area contributed by atoms with Gasteiger partial charge in [0, 0.05) is 30.9 Å². The van der Waals surface area contributed by atoms with E-state index in [4.69, 9.17) is 4.98 Å². The first kappa shape index (κ1) is 19.8. The first-order valence-electron chi connectivity index (χ1n) is 10.5. The molecule has 29 heavy (non-hydrogen) atoms. The van der Waals surface area contributed by atoms with E-state index in [0.29, 0.717) is 6.04 Å². The molecule has 0 saturated carbocycles. The standard InChI is InChI=1S/C24H31N5/c1-27(2)14-6-15-28(3)22-12-16-29(18-22)24-25-13-11-23(26-24)21-10-9-19-7-4-5-8-20(19)17-21/h4-5,7-11,13,17,22H,6,12,14-16,18H2,1-3H3/t22-/m0/s1. The predicted molar refractivity (Wildman–Crippen MR) is 121 cm³/mol. The first-order chi connectivity index (χ1) is 14.1. The first-order valence-corrected chi connectivity index (χ1v) is 10.5. The maximum atomic E-state index is 4.90. The zero-order valence-electron chi connectivity index (χ0n) is 17.8. The van der Waals surface area contributed by atoms with E-state index in [1.54, 1.807) is 0 Å². The lowest BCUT2D eigenvalue weighted by molar-refractivity contribution is 0.242. The summed E-state index contributed by atoms with van der Waals surface area (Å²) < 4.78 is 0. The molecule has 0 radical (unpaired) electrons. The van der Waals surface area contributed by atoms with Crippen molar-refractivity contribution in [3.8, 4) is 11.3 Å². The lowest BCUT2D eigenvalue weighted by Crippen LogP contribution is -2.36. The van der Waals surface area contributed by atoms with Gasteiger partial charge in [0.2, 0.25) is 5.95 Å². The molecule has 1 saturated heterocycles. The summed E-state index contributed by atoms with van der Waals surface area (Å²) >= 11 is 0. The van der Waals surface area contributed by atoms with Crippen molar-refractivity contribution in [3.05, 3.63) is 54.7 Å². The van der Waals surface area contributed by atoms with Gasteiger partial charge in [-0.05, 0) is 70.0 Å². The Morgan fingerprint density at radius 2 is 1.83 bits per heavy atom. The summed E-state index contributed by atoms with van der Waals surface area (Å²) in [6.07, 6.45) is 4.26. The van der Waals surface area contributed by atoms with E-state index < -0.39 is 0 Å². The molecule has 0 bridgehead atoms. The molecule has 0 unspecified atom stereocenters. The van der Waals surface area contributed by atoms with Crippen LogP contribution in [0, 0.1) is 0 Å². The third-order valence-electron chi connectivity index (χ3n) is 5.87. The highest BCUT2D eigenvalue weighted by molar-refractivity contribution is 5.86. The highest BCUT2D eigenvalue weighted by Gasteiger charge is 2.27. The fraction of sp³-hybridized carbons (Fsp3) is 0.417. The summed E-state index contributed by atoms with van der Waals surface area (Å²) in [6, 6.07) is 17.6. The molecule has 1 fully saturated rings. The summed E-state index contributed by atoms with van der Waals surface area (Å²) in [5.41, 5.74) is 2.13. The number of hydrogen-bond acceptors (Lipinski definition) is 5. The summed E-state index contributed by atoms with van der Waals surface area (Å²) in [5.74, 6) is 0.847. The monoisotopic (exact) mass is 389 g/mol. The number of aromatic nitrogens is 2. The van der Waals surface area contributed by atoms with E-state index in [9.17, 15) is 0 Å². The van der Waals surface area contributed by atoms with Crippen molar-refractivity contribution < 1.29 is 0 Å². The normalized spacial score (nSPS) is 17.0. The van der Waals surface area contributed by atoms with Gasteiger partial charge in [-0.2, -0.15) is 0 Å². The van der Waals surface area contributed by atoms with Crippen LogP contribution in [0.15, 0.2) is 54.7 Å². The molecule has 2 aromatic carbocycles. The van der Waals surface area contributed by atoms with Gasteiger partial charge in [-0.3, -0.25) is 0 Å². The van der Waals surface area contributed by atoms with Crippen molar-refractivity contribution in [1.82, 2.24) is 19.8 Å². The van der Waals surface area contributed by atoms with Crippen LogP contribution in [-0.2, 0) is 0 Å². The Balaban J connectivity index is 1.45. The van der Waals surface area contributed by atoms with E-state index >= 15 is 0 Å². The van der Waals surface area contributed by atoms with Crippen LogP contribution in [0.1, 0.15) is 12.8 Å². The molecule has 1 aliphatic heterocycles. The molecule has 2 heterocycles. The van der Waals surface area contributed by atoms with Crippen molar-refractivity contribution in [2.24, 2.45) is 0 Å². The predicted octanol–water partition coefficient (Wildman–Crippen LogP) is 3.76. The second kappa shape index (κ2) is 8.89. The van der Waals surface area contributed by atoms with Gasteiger partial charge in [-0.25, -0.2) is 9.97 Å². The molecule has 0 N–H and O–H groups in total. The van der Waals surface area contributed by atoms with Gasteiger partial charge in [0.05, 0.1) is 5.69 Å². The number of benzene rings is 2. The Hall–Kier alpha value is -2.50. The Labute approximate surface area is 174 Å². The number of likely N-dealkylation sites (N-methyl/N-ethyl adjacent to an activating group) is 1. The van der Waals surface area contributed by atoms with Crippen molar-refractivity contribution in [2.45, 2.75) is 18.9 Å². The molecule has 5 nitrogen and oxygen atoms in total. The van der Waals surface area contributed by atoms with E-state index in [1.165, 1.54) is 23.6 Å². The molecule has 5 heteroatoms. The number of hydrogen-bond donors (Lipinski definition) is 0. The number of anilines is 1. The van der Waals surface area contributed by atoms with Crippen molar-refractivity contribution in [2.75, 3.05) is 52.2 Å². The number of nitrogens with zero attached hydrogens (tertiary/aromatic N) is 5. The van der Waals surface area contributed by atoms with Crippen LogP contribution in [0.4, 0.5) is 5.95 Å². The minimum Gasteiger partial charge on any atom is -0.339 e. The van der Waals surface area contributed by atoms with Gasteiger partial charge in [0.25, 0.3) is 0 Å². The maximum Gasteiger partial charge on any atom is 0.225 e. The third kappa shape index (κ3) is 4.74. The second-order valence-electron chi connectivity index (χ2n) is 8.33. The summed E-state index contributed by atoms with van der Waals surface area (Å²) in [5, 5.41) is 2.50. The zero-order chi connectivity index (χ0) is 20.2. The molecule has 0 spiro atoms. The van der Waals surface area contributed by atoms with E-state index in [2.05, 4.69) is 83.3 Å². The minimum absolute atomic E-state index is 0.574. The quantitative estimate of drug-likeness (QED) is 0.615. The second-order valence-corrected chi connectivity index (χ2v) is 8.33.